The number of rotatable bonds is 3. The smallest absolute Gasteiger partial charge is 0.334 e. The van der Waals surface area contributed by atoms with Gasteiger partial charge in [-0.05, 0) is 26.8 Å². The summed E-state index contributed by atoms with van der Waals surface area (Å²) in [5.74, 6) is -1.90. The van der Waals surface area contributed by atoms with Gasteiger partial charge in [0.15, 0.2) is 5.60 Å². The first kappa shape index (κ1) is 19.1. The Kier molecular flexibility index (Phi) is 4.82. The second-order valence-electron chi connectivity index (χ2n) is 7.10. The lowest BCUT2D eigenvalue weighted by molar-refractivity contribution is -0.153. The zero-order chi connectivity index (χ0) is 19.9. The van der Waals surface area contributed by atoms with Crippen LogP contribution in [0.4, 0.5) is 0 Å². The Bertz CT molecular complexity index is 816. The van der Waals surface area contributed by atoms with E-state index in [0.29, 0.717) is 11.1 Å². The van der Waals surface area contributed by atoms with Gasteiger partial charge in [-0.2, -0.15) is 0 Å². The maximum absolute atomic E-state index is 12.5. The van der Waals surface area contributed by atoms with Crippen LogP contribution in [0.25, 0.3) is 0 Å². The first-order valence-corrected chi connectivity index (χ1v) is 8.71. The SMILES string of the molecule is C=C1C(=O)O[C@@H]2/C=C(/CO)C3=CC(=O)[C@](C)(C[C@@H](OC(=O)/C(C)=C\C)[C@@H]12)O3. The van der Waals surface area contributed by atoms with Gasteiger partial charge in [0.05, 0.1) is 12.5 Å². The summed E-state index contributed by atoms with van der Waals surface area (Å²) in [5, 5.41) is 9.70. The van der Waals surface area contributed by atoms with Crippen molar-refractivity contribution in [1.29, 1.82) is 0 Å². The first-order valence-electron chi connectivity index (χ1n) is 8.71. The minimum absolute atomic E-state index is 0.0257. The monoisotopic (exact) mass is 374 g/mol. The second-order valence-corrected chi connectivity index (χ2v) is 7.10. The lowest BCUT2D eigenvalue weighted by Gasteiger charge is -2.31. The molecule has 0 aliphatic carbocycles. The van der Waals surface area contributed by atoms with Gasteiger partial charge in [-0.1, -0.05) is 12.7 Å². The van der Waals surface area contributed by atoms with Crippen molar-refractivity contribution in [2.75, 3.05) is 6.61 Å². The molecule has 0 unspecified atom stereocenters. The molecule has 3 rings (SSSR count). The topological polar surface area (TPSA) is 99.1 Å². The molecule has 0 amide bonds. The summed E-state index contributed by atoms with van der Waals surface area (Å²) in [6.07, 6.45) is 2.83. The van der Waals surface area contributed by atoms with Crippen LogP contribution in [0.5, 0.6) is 0 Å². The summed E-state index contributed by atoms with van der Waals surface area (Å²) in [5.41, 5.74) is -0.385. The number of hydrogen-bond acceptors (Lipinski definition) is 7. The van der Waals surface area contributed by atoms with Crippen molar-refractivity contribution in [3.63, 3.8) is 0 Å². The number of allylic oxidation sites excluding steroid dienone is 1. The van der Waals surface area contributed by atoms with Crippen molar-refractivity contribution >= 4 is 17.7 Å². The van der Waals surface area contributed by atoms with Crippen molar-refractivity contribution in [2.24, 2.45) is 5.92 Å². The number of carbonyl (C=O) groups excluding carboxylic acids is 3. The molecular weight excluding hydrogens is 352 g/mol. The average Bonchev–Trinajstić information content (AvgIpc) is 3.08. The van der Waals surface area contributed by atoms with Gasteiger partial charge in [0.2, 0.25) is 5.78 Å². The Balaban J connectivity index is 2.07. The molecule has 0 aromatic heterocycles. The molecule has 27 heavy (non-hydrogen) atoms. The number of aliphatic hydroxyl groups is 1. The molecule has 0 saturated carbocycles. The molecule has 1 fully saturated rings. The van der Waals surface area contributed by atoms with Gasteiger partial charge in [-0.3, -0.25) is 4.79 Å². The molecule has 0 aromatic rings. The van der Waals surface area contributed by atoms with Crippen molar-refractivity contribution in [3.8, 4) is 0 Å². The van der Waals surface area contributed by atoms with Gasteiger partial charge < -0.3 is 19.3 Å². The summed E-state index contributed by atoms with van der Waals surface area (Å²) in [4.78, 5) is 37.0. The van der Waals surface area contributed by atoms with E-state index in [1.807, 2.05) is 0 Å². The fourth-order valence-corrected chi connectivity index (χ4v) is 3.46. The van der Waals surface area contributed by atoms with Crippen molar-refractivity contribution in [1.82, 2.24) is 0 Å². The van der Waals surface area contributed by atoms with E-state index in [1.54, 1.807) is 26.8 Å². The molecule has 144 valence electrons. The summed E-state index contributed by atoms with van der Waals surface area (Å²) in [7, 11) is 0. The summed E-state index contributed by atoms with van der Waals surface area (Å²) < 4.78 is 16.8. The van der Waals surface area contributed by atoms with Gasteiger partial charge >= 0.3 is 11.9 Å². The third-order valence-electron chi connectivity index (χ3n) is 5.24. The second kappa shape index (κ2) is 6.81. The molecule has 7 heteroatoms. The van der Waals surface area contributed by atoms with E-state index in [2.05, 4.69) is 6.58 Å². The third kappa shape index (κ3) is 3.23. The molecule has 2 bridgehead atoms. The molecule has 7 nitrogen and oxygen atoms in total. The average molecular weight is 374 g/mol. The minimum Gasteiger partial charge on any atom is -0.479 e. The maximum atomic E-state index is 12.5. The normalized spacial score (nSPS) is 35.0. The van der Waals surface area contributed by atoms with E-state index < -0.39 is 42.3 Å². The summed E-state index contributed by atoms with van der Waals surface area (Å²) >= 11 is 0. The highest BCUT2D eigenvalue weighted by molar-refractivity contribution is 6.00. The van der Waals surface area contributed by atoms with Crippen LogP contribution in [0.1, 0.15) is 27.2 Å². The molecule has 3 aliphatic rings. The number of ether oxygens (including phenoxy) is 3. The van der Waals surface area contributed by atoms with Gasteiger partial charge in [0.1, 0.15) is 18.0 Å². The highest BCUT2D eigenvalue weighted by Crippen LogP contribution is 2.42. The molecule has 4 atom stereocenters. The quantitative estimate of drug-likeness (QED) is 0.591. The lowest BCUT2D eigenvalue weighted by atomic mass is 9.82. The van der Waals surface area contributed by atoms with E-state index in [0.717, 1.165) is 0 Å². The summed E-state index contributed by atoms with van der Waals surface area (Å²) in [6, 6.07) is 0. The highest BCUT2D eigenvalue weighted by Gasteiger charge is 2.52. The van der Waals surface area contributed by atoms with E-state index in [-0.39, 0.29) is 23.5 Å². The molecule has 0 aromatic carbocycles. The molecule has 0 radical (unpaired) electrons. The van der Waals surface area contributed by atoms with Crippen molar-refractivity contribution in [3.05, 3.63) is 47.3 Å². The summed E-state index contributed by atoms with van der Waals surface area (Å²) in [6.45, 7) is 8.31. The number of fused-ring (bicyclic) bond motifs is 3. The third-order valence-corrected chi connectivity index (χ3v) is 5.24. The van der Waals surface area contributed by atoms with Crippen molar-refractivity contribution in [2.45, 2.75) is 45.0 Å². The Hall–Kier alpha value is -2.67. The van der Waals surface area contributed by atoms with E-state index in [9.17, 15) is 19.5 Å². The molecule has 3 heterocycles. The molecule has 1 saturated heterocycles. The number of hydrogen-bond donors (Lipinski definition) is 1. The van der Waals surface area contributed by atoms with Crippen LogP contribution in [-0.4, -0.2) is 47.2 Å². The Labute approximate surface area is 157 Å². The Morgan fingerprint density at radius 1 is 1.48 bits per heavy atom. The molecule has 1 N–H and O–H groups in total. The predicted molar refractivity (Wildman–Crippen MR) is 94.2 cm³/mol. The van der Waals surface area contributed by atoms with Crippen LogP contribution >= 0.6 is 0 Å². The largest absolute Gasteiger partial charge is 0.479 e. The number of esters is 2. The van der Waals surface area contributed by atoms with Crippen LogP contribution < -0.4 is 0 Å². The standard InChI is InChI=1S/C20H22O7/c1-5-10(2)18(23)26-15-8-20(4)16(22)7-13(27-20)12(9-21)6-14-17(15)11(3)19(24)25-14/h5-7,14-15,17,21H,3,8-9H2,1-2,4H3/b10-5-,12-6-/t14-,15-,17+,20+/m1/s1. The molecule has 0 spiro atoms. The van der Waals surface area contributed by atoms with Gasteiger partial charge in [0.25, 0.3) is 0 Å². The molecular formula is C20H22O7. The fraction of sp³-hybridized carbons (Fsp3) is 0.450. The Morgan fingerprint density at radius 2 is 2.19 bits per heavy atom. The number of carbonyl (C=O) groups is 3. The van der Waals surface area contributed by atoms with E-state index >= 15 is 0 Å². The van der Waals surface area contributed by atoms with Crippen LogP contribution in [0.2, 0.25) is 0 Å². The maximum Gasteiger partial charge on any atom is 0.334 e. The zero-order valence-electron chi connectivity index (χ0n) is 15.5. The Morgan fingerprint density at radius 3 is 2.81 bits per heavy atom. The van der Waals surface area contributed by atoms with Crippen molar-refractivity contribution < 1.29 is 33.7 Å². The van der Waals surface area contributed by atoms with Gasteiger partial charge in [0, 0.05) is 29.2 Å². The molecule has 3 aliphatic heterocycles. The fourth-order valence-electron chi connectivity index (χ4n) is 3.46. The zero-order valence-corrected chi connectivity index (χ0v) is 15.5. The lowest BCUT2D eigenvalue weighted by Crippen LogP contribution is -2.42. The van der Waals surface area contributed by atoms with Crippen LogP contribution in [0.3, 0.4) is 0 Å². The highest BCUT2D eigenvalue weighted by atomic mass is 16.6. The van der Waals surface area contributed by atoms with Crippen LogP contribution in [0, 0.1) is 5.92 Å². The number of aliphatic hydroxyl groups excluding tert-OH is 1. The van der Waals surface area contributed by atoms with Gasteiger partial charge in [-0.15, -0.1) is 0 Å². The number of ketones is 1. The van der Waals surface area contributed by atoms with Gasteiger partial charge in [-0.25, -0.2) is 9.59 Å². The van der Waals surface area contributed by atoms with E-state index in [4.69, 9.17) is 14.2 Å². The van der Waals surface area contributed by atoms with Crippen LogP contribution in [-0.2, 0) is 28.6 Å². The first-order chi connectivity index (χ1) is 12.7. The minimum atomic E-state index is -1.28. The van der Waals surface area contributed by atoms with Crippen LogP contribution in [0.15, 0.2) is 47.3 Å². The predicted octanol–water partition coefficient (Wildman–Crippen LogP) is 1.53. The van der Waals surface area contributed by atoms with E-state index in [1.165, 1.54) is 12.2 Å².